The Labute approximate surface area is 147 Å². The van der Waals surface area contributed by atoms with Crippen LogP contribution in [0.1, 0.15) is 21.5 Å². The fourth-order valence-electron chi connectivity index (χ4n) is 2.31. The van der Waals surface area contributed by atoms with E-state index in [0.717, 1.165) is 23.1 Å². The topological polar surface area (TPSA) is 92.3 Å². The van der Waals surface area contributed by atoms with Crippen LogP contribution in [0.25, 0.3) is 0 Å². The Kier molecular flexibility index (Phi) is 5.58. The van der Waals surface area contributed by atoms with Gasteiger partial charge in [0.25, 0.3) is 5.91 Å². The van der Waals surface area contributed by atoms with E-state index in [1.165, 1.54) is 24.3 Å². The van der Waals surface area contributed by atoms with Crippen molar-refractivity contribution in [1.82, 2.24) is 5.32 Å². The second kappa shape index (κ2) is 7.48. The number of hydrogen-bond acceptors (Lipinski definition) is 4. The number of carbonyl (C=O) groups is 2. The van der Waals surface area contributed by atoms with E-state index in [-0.39, 0.29) is 22.9 Å². The molecule has 0 saturated carbocycles. The Bertz CT molecular complexity index is 883. The Hall–Kier alpha value is -2.67. The van der Waals surface area contributed by atoms with E-state index in [1.807, 2.05) is 32.0 Å². The third-order valence-corrected chi connectivity index (χ3v) is 4.83. The van der Waals surface area contributed by atoms with Crippen LogP contribution in [0.2, 0.25) is 0 Å². The first kappa shape index (κ1) is 18.7. The van der Waals surface area contributed by atoms with Gasteiger partial charge < -0.3 is 10.6 Å². The van der Waals surface area contributed by atoms with Gasteiger partial charge in [0.2, 0.25) is 5.91 Å². The van der Waals surface area contributed by atoms with Gasteiger partial charge in [0.1, 0.15) is 0 Å². The second-order valence-corrected chi connectivity index (χ2v) is 7.81. The van der Waals surface area contributed by atoms with Crippen LogP contribution in [0.4, 0.5) is 5.69 Å². The van der Waals surface area contributed by atoms with Crippen LogP contribution >= 0.6 is 0 Å². The third-order valence-electron chi connectivity index (χ3n) is 3.70. The molecule has 0 saturated heterocycles. The Balaban J connectivity index is 1.96. The van der Waals surface area contributed by atoms with Crippen molar-refractivity contribution in [3.63, 3.8) is 0 Å². The van der Waals surface area contributed by atoms with Gasteiger partial charge in [-0.15, -0.1) is 0 Å². The standard InChI is InChI=1S/C18H20N2O4S/c1-12-5-4-6-13(2)17(12)20-16(21)11-19-18(22)14-7-9-15(10-8-14)25(3,23)24/h4-10H,11H2,1-3H3,(H,19,22)(H,20,21). The van der Waals surface area contributed by atoms with Crippen LogP contribution in [0.5, 0.6) is 0 Å². The van der Waals surface area contributed by atoms with Gasteiger partial charge in [-0.05, 0) is 49.2 Å². The van der Waals surface area contributed by atoms with E-state index in [1.54, 1.807) is 0 Å². The zero-order chi connectivity index (χ0) is 18.6. The molecule has 0 aliphatic rings. The van der Waals surface area contributed by atoms with Crippen molar-refractivity contribution in [2.75, 3.05) is 18.1 Å². The van der Waals surface area contributed by atoms with E-state index in [0.29, 0.717) is 0 Å². The van der Waals surface area contributed by atoms with Crippen molar-refractivity contribution in [1.29, 1.82) is 0 Å². The number of sulfone groups is 1. The van der Waals surface area contributed by atoms with Gasteiger partial charge in [0.05, 0.1) is 11.4 Å². The molecule has 2 rings (SSSR count). The molecule has 7 heteroatoms. The van der Waals surface area contributed by atoms with Gasteiger partial charge in [0, 0.05) is 17.5 Å². The highest BCUT2D eigenvalue weighted by Gasteiger charge is 2.12. The molecule has 0 fully saturated rings. The van der Waals surface area contributed by atoms with Gasteiger partial charge >= 0.3 is 0 Å². The number of rotatable bonds is 5. The first-order chi connectivity index (χ1) is 11.7. The lowest BCUT2D eigenvalue weighted by molar-refractivity contribution is -0.115. The Morgan fingerprint density at radius 3 is 2.04 bits per heavy atom. The van der Waals surface area contributed by atoms with Crippen LogP contribution in [-0.4, -0.2) is 33.0 Å². The summed E-state index contributed by atoms with van der Waals surface area (Å²) >= 11 is 0. The molecule has 6 nitrogen and oxygen atoms in total. The van der Waals surface area contributed by atoms with Crippen LogP contribution in [-0.2, 0) is 14.6 Å². The van der Waals surface area contributed by atoms with Crippen LogP contribution < -0.4 is 10.6 Å². The van der Waals surface area contributed by atoms with Gasteiger partial charge in [-0.1, -0.05) is 18.2 Å². The number of amides is 2. The maximum atomic E-state index is 12.1. The fourth-order valence-corrected chi connectivity index (χ4v) is 2.94. The zero-order valence-electron chi connectivity index (χ0n) is 14.3. The minimum atomic E-state index is -3.31. The molecule has 0 unspecified atom stereocenters. The van der Waals surface area contributed by atoms with E-state index < -0.39 is 15.7 Å². The predicted molar refractivity (Wildman–Crippen MR) is 96.4 cm³/mol. The molecule has 0 aliphatic carbocycles. The molecule has 0 heterocycles. The monoisotopic (exact) mass is 360 g/mol. The lowest BCUT2D eigenvalue weighted by atomic mass is 10.1. The summed E-state index contributed by atoms with van der Waals surface area (Å²) in [7, 11) is -3.31. The first-order valence-corrected chi connectivity index (χ1v) is 9.52. The largest absolute Gasteiger partial charge is 0.343 e. The average molecular weight is 360 g/mol. The van der Waals surface area contributed by atoms with Crippen molar-refractivity contribution in [3.05, 3.63) is 59.2 Å². The minimum absolute atomic E-state index is 0.136. The molecule has 0 aromatic heterocycles. The highest BCUT2D eigenvalue weighted by molar-refractivity contribution is 7.90. The Morgan fingerprint density at radius 1 is 0.960 bits per heavy atom. The lowest BCUT2D eigenvalue weighted by Gasteiger charge is -2.12. The minimum Gasteiger partial charge on any atom is -0.343 e. The summed E-state index contributed by atoms with van der Waals surface area (Å²) in [5.74, 6) is -0.782. The smallest absolute Gasteiger partial charge is 0.251 e. The first-order valence-electron chi connectivity index (χ1n) is 7.63. The molecule has 25 heavy (non-hydrogen) atoms. The molecule has 0 bridgehead atoms. The zero-order valence-corrected chi connectivity index (χ0v) is 15.1. The lowest BCUT2D eigenvalue weighted by Crippen LogP contribution is -2.33. The number of nitrogens with one attached hydrogen (secondary N) is 2. The maximum absolute atomic E-state index is 12.1. The van der Waals surface area contributed by atoms with E-state index in [4.69, 9.17) is 0 Å². The predicted octanol–water partition coefficient (Wildman–Crippen LogP) is 2.08. The van der Waals surface area contributed by atoms with Crippen molar-refractivity contribution in [3.8, 4) is 0 Å². The van der Waals surface area contributed by atoms with E-state index in [9.17, 15) is 18.0 Å². The van der Waals surface area contributed by atoms with E-state index in [2.05, 4.69) is 10.6 Å². The van der Waals surface area contributed by atoms with Gasteiger partial charge in [0.15, 0.2) is 9.84 Å². The molecule has 0 atom stereocenters. The molecule has 132 valence electrons. The van der Waals surface area contributed by atoms with Crippen molar-refractivity contribution in [2.24, 2.45) is 0 Å². The summed E-state index contributed by atoms with van der Waals surface area (Å²) in [6, 6.07) is 11.2. The Morgan fingerprint density at radius 2 is 1.52 bits per heavy atom. The van der Waals surface area contributed by atoms with Crippen LogP contribution in [0, 0.1) is 13.8 Å². The molecule has 2 N–H and O–H groups in total. The summed E-state index contributed by atoms with van der Waals surface area (Å²) in [5.41, 5.74) is 2.90. The molecule has 0 aliphatic heterocycles. The summed E-state index contributed by atoms with van der Waals surface area (Å²) in [6.07, 6.45) is 1.10. The second-order valence-electron chi connectivity index (χ2n) is 5.79. The highest BCUT2D eigenvalue weighted by Crippen LogP contribution is 2.19. The summed E-state index contributed by atoms with van der Waals surface area (Å²) in [5, 5.41) is 5.30. The third kappa shape index (κ3) is 4.90. The van der Waals surface area contributed by atoms with Crippen molar-refractivity contribution < 1.29 is 18.0 Å². The van der Waals surface area contributed by atoms with Crippen molar-refractivity contribution in [2.45, 2.75) is 18.7 Å². The molecule has 2 aromatic rings. The number of aryl methyl sites for hydroxylation is 2. The SMILES string of the molecule is Cc1cccc(C)c1NC(=O)CNC(=O)c1ccc(S(C)(=O)=O)cc1. The average Bonchev–Trinajstić information content (AvgIpc) is 2.55. The molecule has 0 spiro atoms. The molecule has 2 aromatic carbocycles. The molecular formula is C18H20N2O4S. The fraction of sp³-hybridized carbons (Fsp3) is 0.222. The van der Waals surface area contributed by atoms with Gasteiger partial charge in [-0.3, -0.25) is 9.59 Å². The van der Waals surface area contributed by atoms with Crippen LogP contribution in [0.3, 0.4) is 0 Å². The number of carbonyl (C=O) groups excluding carboxylic acids is 2. The summed E-state index contributed by atoms with van der Waals surface area (Å²) in [4.78, 5) is 24.2. The van der Waals surface area contributed by atoms with Crippen LogP contribution in [0.15, 0.2) is 47.4 Å². The molecular weight excluding hydrogens is 340 g/mol. The van der Waals surface area contributed by atoms with Crippen molar-refractivity contribution >= 4 is 27.3 Å². The number of hydrogen-bond donors (Lipinski definition) is 2. The molecule has 0 radical (unpaired) electrons. The maximum Gasteiger partial charge on any atom is 0.251 e. The number of anilines is 1. The van der Waals surface area contributed by atoms with Gasteiger partial charge in [-0.2, -0.15) is 0 Å². The number of para-hydroxylation sites is 1. The quantitative estimate of drug-likeness (QED) is 0.854. The normalized spacial score (nSPS) is 11.0. The summed E-state index contributed by atoms with van der Waals surface area (Å²) < 4.78 is 22.8. The highest BCUT2D eigenvalue weighted by atomic mass is 32.2. The van der Waals surface area contributed by atoms with E-state index >= 15 is 0 Å². The summed E-state index contributed by atoms with van der Waals surface area (Å²) in [6.45, 7) is 3.61. The van der Waals surface area contributed by atoms with Gasteiger partial charge in [-0.25, -0.2) is 8.42 Å². The number of benzene rings is 2. The molecule has 2 amide bonds.